The van der Waals surface area contributed by atoms with Crippen molar-refractivity contribution in [1.82, 2.24) is 0 Å². The van der Waals surface area contributed by atoms with Gasteiger partial charge >= 0.3 is 18.3 Å². The Bertz CT molecular complexity index is 1130. The topological polar surface area (TPSA) is 95.9 Å². The molecule has 12 heteroatoms. The minimum Gasteiger partial charge on any atom is -0.464 e. The first-order valence-electron chi connectivity index (χ1n) is 11.4. The molecule has 2 aromatic carbocycles. The van der Waals surface area contributed by atoms with Gasteiger partial charge in [-0.05, 0) is 54.5 Å². The zero-order valence-electron chi connectivity index (χ0n) is 19.6. The summed E-state index contributed by atoms with van der Waals surface area (Å²) in [6.07, 6.45) is -13.1. The third-order valence-corrected chi connectivity index (χ3v) is 6.55. The number of carbonyl (C=O) groups excluding carboxylic acids is 2. The van der Waals surface area contributed by atoms with E-state index in [1.54, 1.807) is 0 Å². The highest BCUT2D eigenvalue weighted by Gasteiger charge is 2.64. The number of alkyl halides is 6. The second-order valence-corrected chi connectivity index (χ2v) is 8.94. The smallest absolute Gasteiger partial charge is 0.426 e. The van der Waals surface area contributed by atoms with Crippen molar-refractivity contribution < 1.29 is 50.9 Å². The summed E-state index contributed by atoms with van der Waals surface area (Å²) in [5.74, 6) is -2.81. The van der Waals surface area contributed by atoms with Crippen LogP contribution >= 0.6 is 0 Å². The molecule has 0 bridgehead atoms. The molecule has 0 heterocycles. The maximum atomic E-state index is 14.1. The first kappa shape index (κ1) is 28.5. The summed E-state index contributed by atoms with van der Waals surface area (Å²) in [5.41, 5.74) is -7.40. The molecule has 2 unspecified atom stereocenters. The number of rotatable bonds is 8. The van der Waals surface area contributed by atoms with Crippen LogP contribution in [0.1, 0.15) is 55.4 Å². The van der Waals surface area contributed by atoms with Gasteiger partial charge in [0.15, 0.2) is 6.10 Å². The first-order chi connectivity index (χ1) is 17.1. The number of halogens is 6. The lowest BCUT2D eigenvalue weighted by atomic mass is 9.58. The fourth-order valence-corrected chi connectivity index (χ4v) is 4.48. The molecule has 2 aromatic rings. The van der Waals surface area contributed by atoms with E-state index < -0.39 is 58.9 Å². The zero-order valence-corrected chi connectivity index (χ0v) is 19.6. The Kier molecular flexibility index (Phi) is 7.94. The van der Waals surface area contributed by atoms with Crippen LogP contribution in [-0.4, -0.2) is 40.5 Å². The van der Waals surface area contributed by atoms with Gasteiger partial charge in [-0.1, -0.05) is 36.8 Å². The summed E-state index contributed by atoms with van der Waals surface area (Å²) < 4.78 is 87.9. The number of aliphatic hydroxyl groups excluding tert-OH is 1. The standard InChI is InChI=1S/C25H25F6NO5/c1-2-37-20(34)19(33)15-8-10-16(11-9-15)32-21(35)23(36,25(29,30)31)14-22(12-5-13-22)17-6-3-4-7-18(17)24(26,27)28/h3-4,6-11,19,33,36H,2,5,12-14H2,1H3,(H,32,35). The van der Waals surface area contributed by atoms with Crippen LogP contribution < -0.4 is 5.32 Å². The van der Waals surface area contributed by atoms with Crippen molar-refractivity contribution >= 4 is 17.6 Å². The predicted molar refractivity (Wildman–Crippen MR) is 119 cm³/mol. The molecule has 0 aliphatic heterocycles. The molecular weight excluding hydrogens is 508 g/mol. The summed E-state index contributed by atoms with van der Waals surface area (Å²) in [5, 5.41) is 22.6. The Labute approximate surface area is 208 Å². The Hall–Kier alpha value is -3.12. The van der Waals surface area contributed by atoms with E-state index in [1.165, 1.54) is 13.0 Å². The molecule has 1 saturated carbocycles. The molecule has 1 amide bonds. The molecule has 3 rings (SSSR count). The average Bonchev–Trinajstić information content (AvgIpc) is 2.80. The van der Waals surface area contributed by atoms with Crippen LogP contribution in [0.2, 0.25) is 0 Å². The van der Waals surface area contributed by atoms with E-state index in [0.717, 1.165) is 42.5 Å². The number of ether oxygens (including phenoxy) is 1. The zero-order chi connectivity index (χ0) is 27.6. The number of carbonyl (C=O) groups is 2. The van der Waals surface area contributed by atoms with Crippen LogP contribution in [0.5, 0.6) is 0 Å². The second-order valence-electron chi connectivity index (χ2n) is 8.94. The Balaban J connectivity index is 1.90. The van der Waals surface area contributed by atoms with Gasteiger partial charge in [-0.25, -0.2) is 4.79 Å². The summed E-state index contributed by atoms with van der Waals surface area (Å²) in [7, 11) is 0. The second kappa shape index (κ2) is 10.3. The van der Waals surface area contributed by atoms with Gasteiger partial charge in [0, 0.05) is 12.1 Å². The van der Waals surface area contributed by atoms with Crippen molar-refractivity contribution in [2.24, 2.45) is 0 Å². The van der Waals surface area contributed by atoms with Gasteiger partial charge < -0.3 is 20.3 Å². The van der Waals surface area contributed by atoms with Crippen LogP contribution in [-0.2, 0) is 25.9 Å². The lowest BCUT2D eigenvalue weighted by Gasteiger charge is -2.47. The SMILES string of the molecule is CCOC(=O)C(O)c1ccc(NC(=O)C(O)(CC2(c3ccccc3C(F)(F)F)CCC2)C(F)(F)F)cc1. The maximum absolute atomic E-state index is 14.1. The summed E-state index contributed by atoms with van der Waals surface area (Å²) in [4.78, 5) is 24.4. The van der Waals surface area contributed by atoms with E-state index in [2.05, 4.69) is 4.74 Å². The minimum absolute atomic E-state index is 0.00892. The number of hydrogen-bond acceptors (Lipinski definition) is 5. The Morgan fingerprint density at radius 1 is 1.03 bits per heavy atom. The van der Waals surface area contributed by atoms with Gasteiger partial charge in [0.2, 0.25) is 5.60 Å². The average molecular weight is 533 g/mol. The van der Waals surface area contributed by atoms with Crippen LogP contribution in [0.15, 0.2) is 48.5 Å². The highest BCUT2D eigenvalue weighted by atomic mass is 19.4. The van der Waals surface area contributed by atoms with Crippen molar-refractivity contribution in [3.63, 3.8) is 0 Å². The molecule has 1 aliphatic rings. The van der Waals surface area contributed by atoms with Crippen LogP contribution in [0, 0.1) is 0 Å². The van der Waals surface area contributed by atoms with Gasteiger partial charge in [-0.15, -0.1) is 0 Å². The van der Waals surface area contributed by atoms with Crippen LogP contribution in [0.4, 0.5) is 32.0 Å². The summed E-state index contributed by atoms with van der Waals surface area (Å²) in [6, 6.07) is 8.74. The molecule has 0 saturated heterocycles. The molecule has 6 nitrogen and oxygen atoms in total. The van der Waals surface area contributed by atoms with E-state index in [-0.39, 0.29) is 30.7 Å². The van der Waals surface area contributed by atoms with E-state index >= 15 is 0 Å². The first-order valence-corrected chi connectivity index (χ1v) is 11.4. The lowest BCUT2D eigenvalue weighted by Crippen LogP contribution is -2.59. The monoisotopic (exact) mass is 533 g/mol. The molecule has 0 radical (unpaired) electrons. The molecule has 0 spiro atoms. The number of aliphatic hydroxyl groups is 2. The molecule has 1 fully saturated rings. The molecular formula is C25H25F6NO5. The van der Waals surface area contributed by atoms with Crippen molar-refractivity contribution in [3.05, 3.63) is 65.2 Å². The number of esters is 1. The fourth-order valence-electron chi connectivity index (χ4n) is 4.48. The largest absolute Gasteiger partial charge is 0.464 e. The highest BCUT2D eigenvalue weighted by molar-refractivity contribution is 5.98. The Morgan fingerprint density at radius 2 is 1.62 bits per heavy atom. The van der Waals surface area contributed by atoms with Crippen LogP contribution in [0.25, 0.3) is 0 Å². The van der Waals surface area contributed by atoms with E-state index in [4.69, 9.17) is 0 Å². The van der Waals surface area contributed by atoms with Crippen molar-refractivity contribution in [2.75, 3.05) is 11.9 Å². The fraction of sp³-hybridized carbons (Fsp3) is 0.440. The minimum atomic E-state index is -5.51. The van der Waals surface area contributed by atoms with Gasteiger partial charge in [0.1, 0.15) is 0 Å². The normalized spacial score (nSPS) is 17.8. The van der Waals surface area contributed by atoms with Gasteiger partial charge in [0.25, 0.3) is 5.91 Å². The lowest BCUT2D eigenvalue weighted by molar-refractivity contribution is -0.257. The van der Waals surface area contributed by atoms with E-state index in [9.17, 15) is 46.1 Å². The summed E-state index contributed by atoms with van der Waals surface area (Å²) >= 11 is 0. The van der Waals surface area contributed by atoms with Gasteiger partial charge in [-0.3, -0.25) is 4.79 Å². The number of hydrogen-bond donors (Lipinski definition) is 3. The van der Waals surface area contributed by atoms with E-state index in [0.29, 0.717) is 6.42 Å². The van der Waals surface area contributed by atoms with Crippen molar-refractivity contribution in [3.8, 4) is 0 Å². The maximum Gasteiger partial charge on any atom is 0.426 e. The molecule has 3 N–H and O–H groups in total. The van der Waals surface area contributed by atoms with Crippen molar-refractivity contribution in [2.45, 2.75) is 62.1 Å². The highest BCUT2D eigenvalue weighted by Crippen LogP contribution is 2.54. The number of nitrogens with one attached hydrogen (secondary N) is 1. The number of benzene rings is 2. The number of anilines is 1. The van der Waals surface area contributed by atoms with E-state index in [1.807, 2.05) is 5.32 Å². The summed E-state index contributed by atoms with van der Waals surface area (Å²) in [6.45, 7) is 1.54. The molecule has 2 atom stereocenters. The van der Waals surface area contributed by atoms with Gasteiger partial charge in [-0.2, -0.15) is 26.3 Å². The van der Waals surface area contributed by atoms with Crippen LogP contribution in [0.3, 0.4) is 0 Å². The molecule has 1 aliphatic carbocycles. The molecule has 202 valence electrons. The quantitative estimate of drug-likeness (QED) is 0.326. The third kappa shape index (κ3) is 5.74. The Morgan fingerprint density at radius 3 is 2.11 bits per heavy atom. The van der Waals surface area contributed by atoms with Gasteiger partial charge in [0.05, 0.1) is 12.2 Å². The van der Waals surface area contributed by atoms with Crippen molar-refractivity contribution in [1.29, 1.82) is 0 Å². The number of amides is 1. The molecule has 0 aromatic heterocycles. The third-order valence-electron chi connectivity index (χ3n) is 6.55. The molecule has 37 heavy (non-hydrogen) atoms. The predicted octanol–water partition coefficient (Wildman–Crippen LogP) is 5.05.